The fourth-order valence-corrected chi connectivity index (χ4v) is 1.05. The lowest BCUT2D eigenvalue weighted by Gasteiger charge is -2.21. The van der Waals surface area contributed by atoms with E-state index in [4.69, 9.17) is 10.8 Å². The van der Waals surface area contributed by atoms with Gasteiger partial charge in [0.1, 0.15) is 0 Å². The van der Waals surface area contributed by atoms with Crippen molar-refractivity contribution >= 4 is 0 Å². The van der Waals surface area contributed by atoms with Crippen molar-refractivity contribution in [1.29, 1.82) is 0 Å². The van der Waals surface area contributed by atoms with Crippen LogP contribution >= 0.6 is 0 Å². The average molecular weight is 180 g/mol. The molecule has 3 heteroatoms. The van der Waals surface area contributed by atoms with Crippen LogP contribution in [-0.2, 0) is 12.0 Å². The summed E-state index contributed by atoms with van der Waals surface area (Å²) in [6, 6.07) is 5.63. The molecule has 0 spiro atoms. The van der Waals surface area contributed by atoms with Crippen molar-refractivity contribution < 1.29 is 5.11 Å². The van der Waals surface area contributed by atoms with Crippen LogP contribution in [-0.4, -0.2) is 16.6 Å². The van der Waals surface area contributed by atoms with E-state index >= 15 is 0 Å². The van der Waals surface area contributed by atoms with Crippen molar-refractivity contribution in [2.24, 2.45) is 5.73 Å². The van der Waals surface area contributed by atoms with Crippen LogP contribution in [0.25, 0.3) is 0 Å². The molecule has 1 aromatic heterocycles. The number of aliphatic hydroxyl groups is 1. The Bertz CT molecular complexity index is 284. The fourth-order valence-electron chi connectivity index (χ4n) is 1.05. The topological polar surface area (TPSA) is 59.1 Å². The first-order valence-electron chi connectivity index (χ1n) is 4.37. The maximum absolute atomic E-state index is 8.91. The maximum atomic E-state index is 8.91. The molecule has 0 bridgehead atoms. The van der Waals surface area contributed by atoms with E-state index in [1.807, 2.05) is 26.0 Å². The Balaban J connectivity index is 3.01. The number of hydrogen-bond donors (Lipinski definition) is 2. The third kappa shape index (κ3) is 2.26. The van der Waals surface area contributed by atoms with Gasteiger partial charge in [0.05, 0.1) is 12.3 Å². The smallest absolute Gasteiger partial charge is 0.0853 e. The van der Waals surface area contributed by atoms with Crippen molar-refractivity contribution in [3.8, 4) is 0 Å². The lowest BCUT2D eigenvalue weighted by Crippen LogP contribution is -2.29. The molecule has 72 valence electrons. The highest BCUT2D eigenvalue weighted by Crippen LogP contribution is 2.19. The summed E-state index contributed by atoms with van der Waals surface area (Å²) >= 11 is 0. The van der Waals surface area contributed by atoms with Crippen LogP contribution in [0.4, 0.5) is 0 Å². The molecule has 3 nitrogen and oxygen atoms in total. The van der Waals surface area contributed by atoms with Crippen molar-refractivity contribution in [2.45, 2.75) is 25.9 Å². The van der Waals surface area contributed by atoms with Gasteiger partial charge in [0.15, 0.2) is 0 Å². The van der Waals surface area contributed by atoms with Crippen LogP contribution in [0.5, 0.6) is 0 Å². The summed E-state index contributed by atoms with van der Waals surface area (Å²) in [4.78, 5) is 4.30. The van der Waals surface area contributed by atoms with E-state index in [-0.39, 0.29) is 12.0 Å². The van der Waals surface area contributed by atoms with Crippen LogP contribution in [0.15, 0.2) is 18.2 Å². The van der Waals surface area contributed by atoms with E-state index in [0.29, 0.717) is 12.2 Å². The van der Waals surface area contributed by atoms with E-state index < -0.39 is 0 Å². The quantitative estimate of drug-likeness (QED) is 0.723. The van der Waals surface area contributed by atoms with Gasteiger partial charge >= 0.3 is 0 Å². The van der Waals surface area contributed by atoms with Crippen LogP contribution < -0.4 is 5.73 Å². The van der Waals surface area contributed by atoms with E-state index in [1.165, 1.54) is 0 Å². The second kappa shape index (κ2) is 3.85. The summed E-state index contributed by atoms with van der Waals surface area (Å²) in [5.41, 5.74) is 7.13. The molecule has 0 saturated heterocycles. The normalized spacial score (nSPS) is 11.7. The molecule has 1 aromatic rings. The van der Waals surface area contributed by atoms with Gasteiger partial charge in [0, 0.05) is 17.7 Å². The van der Waals surface area contributed by atoms with Crippen LogP contribution in [0.1, 0.15) is 25.2 Å². The molecule has 0 fully saturated rings. The minimum atomic E-state index is -0.120. The highest BCUT2D eigenvalue weighted by molar-refractivity contribution is 5.18. The van der Waals surface area contributed by atoms with Crippen molar-refractivity contribution in [1.82, 2.24) is 4.98 Å². The van der Waals surface area contributed by atoms with E-state index in [0.717, 1.165) is 5.69 Å². The first-order chi connectivity index (χ1) is 6.10. The summed E-state index contributed by atoms with van der Waals surface area (Å²) in [6.45, 7) is 4.61. The summed E-state index contributed by atoms with van der Waals surface area (Å²) in [7, 11) is 0. The fraction of sp³-hybridized carbons (Fsp3) is 0.500. The van der Waals surface area contributed by atoms with Gasteiger partial charge in [0.25, 0.3) is 0 Å². The predicted molar refractivity (Wildman–Crippen MR) is 52.2 cm³/mol. The number of nitrogens with two attached hydrogens (primary N) is 1. The Labute approximate surface area is 78.6 Å². The maximum Gasteiger partial charge on any atom is 0.0853 e. The predicted octanol–water partition coefficient (Wildman–Crippen LogP) is 0.810. The number of aliphatic hydroxyl groups excluding tert-OH is 1. The highest BCUT2D eigenvalue weighted by Gasteiger charge is 2.19. The monoisotopic (exact) mass is 180 g/mol. The molecule has 0 saturated carbocycles. The average Bonchev–Trinajstić information content (AvgIpc) is 2.18. The lowest BCUT2D eigenvalue weighted by molar-refractivity contribution is 0.276. The molecule has 0 aromatic carbocycles. The van der Waals surface area contributed by atoms with Gasteiger partial charge in [-0.3, -0.25) is 4.98 Å². The molecule has 3 N–H and O–H groups in total. The molecular weight excluding hydrogens is 164 g/mol. The van der Waals surface area contributed by atoms with Gasteiger partial charge in [-0.1, -0.05) is 19.9 Å². The largest absolute Gasteiger partial charge is 0.390 e. The number of rotatable bonds is 3. The van der Waals surface area contributed by atoms with Crippen LogP contribution in [0.2, 0.25) is 0 Å². The minimum absolute atomic E-state index is 0.0194. The first kappa shape index (κ1) is 10.2. The molecule has 1 heterocycles. The Morgan fingerprint density at radius 1 is 1.46 bits per heavy atom. The minimum Gasteiger partial charge on any atom is -0.390 e. The molecule has 0 amide bonds. The third-order valence-electron chi connectivity index (χ3n) is 2.17. The van der Waals surface area contributed by atoms with E-state index in [2.05, 4.69) is 4.98 Å². The van der Waals surface area contributed by atoms with E-state index in [1.54, 1.807) is 6.07 Å². The summed E-state index contributed by atoms with van der Waals surface area (Å²) in [5, 5.41) is 8.91. The molecule has 0 atom stereocenters. The van der Waals surface area contributed by atoms with Crippen LogP contribution in [0.3, 0.4) is 0 Å². The van der Waals surface area contributed by atoms with Gasteiger partial charge in [-0.2, -0.15) is 0 Å². The zero-order valence-corrected chi connectivity index (χ0v) is 8.12. The molecular formula is C10H16N2O. The Morgan fingerprint density at radius 3 is 2.69 bits per heavy atom. The molecule has 13 heavy (non-hydrogen) atoms. The summed E-state index contributed by atoms with van der Waals surface area (Å²) < 4.78 is 0. The standard InChI is InChI=1S/C10H16N2O/c1-10(2,7-11)9-5-3-4-8(6-13)12-9/h3-5,13H,6-7,11H2,1-2H3. The molecule has 0 aliphatic heterocycles. The summed E-state index contributed by atoms with van der Waals surface area (Å²) in [5.74, 6) is 0. The Kier molecular flexibility index (Phi) is 3.01. The highest BCUT2D eigenvalue weighted by atomic mass is 16.3. The number of nitrogens with zero attached hydrogens (tertiary/aromatic N) is 1. The third-order valence-corrected chi connectivity index (χ3v) is 2.17. The van der Waals surface area contributed by atoms with Gasteiger partial charge in [-0.15, -0.1) is 0 Å². The SMILES string of the molecule is CC(C)(CN)c1cccc(CO)n1. The van der Waals surface area contributed by atoms with Gasteiger partial charge in [0.2, 0.25) is 0 Å². The number of pyridine rings is 1. The molecule has 0 unspecified atom stereocenters. The van der Waals surface area contributed by atoms with Gasteiger partial charge in [-0.25, -0.2) is 0 Å². The first-order valence-corrected chi connectivity index (χ1v) is 4.37. The lowest BCUT2D eigenvalue weighted by atomic mass is 9.89. The van der Waals surface area contributed by atoms with Crippen LogP contribution in [0, 0.1) is 0 Å². The zero-order valence-electron chi connectivity index (χ0n) is 8.12. The number of aromatic nitrogens is 1. The number of hydrogen-bond acceptors (Lipinski definition) is 3. The van der Waals surface area contributed by atoms with Gasteiger partial charge in [-0.05, 0) is 12.1 Å². The molecule has 0 aliphatic carbocycles. The summed E-state index contributed by atoms with van der Waals surface area (Å²) in [6.07, 6.45) is 0. The van der Waals surface area contributed by atoms with Gasteiger partial charge < -0.3 is 10.8 Å². The Morgan fingerprint density at radius 2 is 2.15 bits per heavy atom. The molecule has 1 rings (SSSR count). The van der Waals surface area contributed by atoms with E-state index in [9.17, 15) is 0 Å². The second-order valence-corrected chi connectivity index (χ2v) is 3.76. The molecule has 0 aliphatic rings. The second-order valence-electron chi connectivity index (χ2n) is 3.76. The van der Waals surface area contributed by atoms with Crippen molar-refractivity contribution in [3.05, 3.63) is 29.6 Å². The Hall–Kier alpha value is -0.930. The molecule has 0 radical (unpaired) electrons. The van der Waals surface area contributed by atoms with Crippen molar-refractivity contribution in [2.75, 3.05) is 6.54 Å². The zero-order chi connectivity index (χ0) is 9.90. The van der Waals surface area contributed by atoms with Crippen molar-refractivity contribution in [3.63, 3.8) is 0 Å².